The highest BCUT2D eigenvalue weighted by Gasteiger charge is 2.24. The fourth-order valence-corrected chi connectivity index (χ4v) is 3.28. The Balaban J connectivity index is 1.81. The lowest BCUT2D eigenvalue weighted by Crippen LogP contribution is -2.38. The molecule has 1 N–H and O–H groups in total. The zero-order valence-corrected chi connectivity index (χ0v) is 13.8. The largest absolute Gasteiger partial charge is 0.481 e. The predicted octanol–water partition coefficient (Wildman–Crippen LogP) is 3.91. The van der Waals surface area contributed by atoms with Crippen LogP contribution in [0, 0.1) is 5.92 Å². The molecular formula is C21H23NO2. The fraction of sp³-hybridized carbons (Fsp3) is 0.286. The average molecular weight is 321 g/mol. The molecule has 2 aromatic carbocycles. The summed E-state index contributed by atoms with van der Waals surface area (Å²) < 4.78 is 0. The third kappa shape index (κ3) is 4.12. The molecule has 1 fully saturated rings. The van der Waals surface area contributed by atoms with Gasteiger partial charge in [0, 0.05) is 13.1 Å². The molecule has 3 rings (SSSR count). The van der Waals surface area contributed by atoms with Crippen LogP contribution in [0.2, 0.25) is 0 Å². The normalized spacial score (nSPS) is 18.1. The van der Waals surface area contributed by atoms with Crippen LogP contribution in [-0.2, 0) is 4.79 Å². The number of nitrogens with zero attached hydrogens (tertiary/aromatic N) is 1. The number of rotatable bonds is 5. The first-order chi connectivity index (χ1) is 11.7. The minimum atomic E-state index is -0.671. The summed E-state index contributed by atoms with van der Waals surface area (Å²) in [4.78, 5) is 13.5. The maximum absolute atomic E-state index is 11.2. The van der Waals surface area contributed by atoms with Crippen molar-refractivity contribution in [2.75, 3.05) is 19.6 Å². The number of carboxylic acids is 1. The van der Waals surface area contributed by atoms with Crippen LogP contribution in [0.4, 0.5) is 0 Å². The maximum Gasteiger partial charge on any atom is 0.307 e. The SMILES string of the molecule is O=C(O)C1CCCN(CC=C(c2ccccc2)c2ccccc2)C1. The van der Waals surface area contributed by atoms with Gasteiger partial charge in [0.1, 0.15) is 0 Å². The van der Waals surface area contributed by atoms with Gasteiger partial charge >= 0.3 is 5.97 Å². The van der Waals surface area contributed by atoms with Crippen LogP contribution in [0.25, 0.3) is 5.57 Å². The monoisotopic (exact) mass is 321 g/mol. The van der Waals surface area contributed by atoms with E-state index in [1.165, 1.54) is 16.7 Å². The molecule has 1 aliphatic heterocycles. The van der Waals surface area contributed by atoms with Crippen LogP contribution in [-0.4, -0.2) is 35.6 Å². The second-order valence-corrected chi connectivity index (χ2v) is 6.29. The third-order valence-corrected chi connectivity index (χ3v) is 4.58. The van der Waals surface area contributed by atoms with Crippen molar-refractivity contribution in [3.8, 4) is 0 Å². The molecule has 2 aromatic rings. The van der Waals surface area contributed by atoms with E-state index in [-0.39, 0.29) is 5.92 Å². The summed E-state index contributed by atoms with van der Waals surface area (Å²) in [5.41, 5.74) is 3.58. The maximum atomic E-state index is 11.2. The Morgan fingerprint density at radius 3 is 2.17 bits per heavy atom. The molecule has 3 nitrogen and oxygen atoms in total. The molecule has 1 saturated heterocycles. The van der Waals surface area contributed by atoms with Gasteiger partial charge in [0.2, 0.25) is 0 Å². The number of likely N-dealkylation sites (tertiary alicyclic amines) is 1. The van der Waals surface area contributed by atoms with Gasteiger partial charge in [-0.15, -0.1) is 0 Å². The Kier molecular flexibility index (Phi) is 5.44. The van der Waals surface area contributed by atoms with Crippen LogP contribution in [0.3, 0.4) is 0 Å². The van der Waals surface area contributed by atoms with Crippen molar-refractivity contribution in [1.29, 1.82) is 0 Å². The highest BCUT2D eigenvalue weighted by molar-refractivity contribution is 5.79. The third-order valence-electron chi connectivity index (χ3n) is 4.58. The second kappa shape index (κ2) is 7.93. The Bertz CT molecular complexity index is 653. The van der Waals surface area contributed by atoms with E-state index in [1.807, 2.05) is 36.4 Å². The molecule has 0 spiro atoms. The summed E-state index contributed by atoms with van der Waals surface area (Å²) in [6.07, 6.45) is 3.98. The van der Waals surface area contributed by atoms with E-state index in [9.17, 15) is 9.90 Å². The van der Waals surface area contributed by atoms with E-state index in [1.54, 1.807) is 0 Å². The molecule has 0 bridgehead atoms. The molecule has 0 saturated carbocycles. The van der Waals surface area contributed by atoms with Gasteiger partial charge in [-0.1, -0.05) is 66.7 Å². The molecule has 1 unspecified atom stereocenters. The van der Waals surface area contributed by atoms with Crippen LogP contribution < -0.4 is 0 Å². The van der Waals surface area contributed by atoms with Crippen molar-refractivity contribution in [3.05, 3.63) is 77.9 Å². The summed E-state index contributed by atoms with van der Waals surface area (Å²) in [6.45, 7) is 2.39. The van der Waals surface area contributed by atoms with Crippen molar-refractivity contribution < 1.29 is 9.90 Å². The van der Waals surface area contributed by atoms with Crippen molar-refractivity contribution in [1.82, 2.24) is 4.90 Å². The van der Waals surface area contributed by atoms with Gasteiger partial charge in [0.05, 0.1) is 5.92 Å². The summed E-state index contributed by atoms with van der Waals surface area (Å²) >= 11 is 0. The van der Waals surface area contributed by atoms with Crippen LogP contribution in [0.1, 0.15) is 24.0 Å². The lowest BCUT2D eigenvalue weighted by atomic mass is 9.96. The number of carboxylic acid groups (broad SMARTS) is 1. The van der Waals surface area contributed by atoms with Crippen molar-refractivity contribution in [2.24, 2.45) is 5.92 Å². The molecule has 24 heavy (non-hydrogen) atoms. The lowest BCUT2D eigenvalue weighted by Gasteiger charge is -2.29. The van der Waals surface area contributed by atoms with Crippen LogP contribution in [0.15, 0.2) is 66.7 Å². The van der Waals surface area contributed by atoms with Crippen molar-refractivity contribution in [2.45, 2.75) is 12.8 Å². The van der Waals surface area contributed by atoms with Gasteiger partial charge in [-0.2, -0.15) is 0 Å². The summed E-state index contributed by atoms with van der Waals surface area (Å²) in [6, 6.07) is 20.7. The highest BCUT2D eigenvalue weighted by Crippen LogP contribution is 2.24. The van der Waals surface area contributed by atoms with E-state index >= 15 is 0 Å². The first kappa shape index (κ1) is 16.5. The van der Waals surface area contributed by atoms with Gasteiger partial charge < -0.3 is 5.11 Å². The quantitative estimate of drug-likeness (QED) is 0.907. The minimum absolute atomic E-state index is 0.232. The Morgan fingerprint density at radius 2 is 1.62 bits per heavy atom. The minimum Gasteiger partial charge on any atom is -0.481 e. The predicted molar refractivity (Wildman–Crippen MR) is 96.8 cm³/mol. The molecule has 124 valence electrons. The Labute approximate surface area is 143 Å². The standard InChI is InChI=1S/C21H23NO2/c23-21(24)19-12-7-14-22(16-19)15-13-20(17-8-3-1-4-9-17)18-10-5-2-6-11-18/h1-6,8-11,13,19H,7,12,14-16H2,(H,23,24). The highest BCUT2D eigenvalue weighted by atomic mass is 16.4. The van der Waals surface area contributed by atoms with E-state index in [4.69, 9.17) is 0 Å². The molecule has 0 amide bonds. The zero-order valence-electron chi connectivity index (χ0n) is 13.8. The van der Waals surface area contributed by atoms with E-state index < -0.39 is 5.97 Å². The molecule has 0 aromatic heterocycles. The molecule has 1 heterocycles. The van der Waals surface area contributed by atoms with Gasteiger partial charge in [-0.05, 0) is 36.1 Å². The summed E-state index contributed by atoms with van der Waals surface area (Å²) in [5.74, 6) is -0.904. The number of aliphatic carboxylic acids is 1. The van der Waals surface area contributed by atoms with Gasteiger partial charge in [0.25, 0.3) is 0 Å². The smallest absolute Gasteiger partial charge is 0.307 e. The van der Waals surface area contributed by atoms with Crippen molar-refractivity contribution >= 4 is 11.5 Å². The van der Waals surface area contributed by atoms with E-state index in [2.05, 4.69) is 35.2 Å². The molecule has 1 atom stereocenters. The number of piperidine rings is 1. The molecular weight excluding hydrogens is 298 g/mol. The molecule has 0 aliphatic carbocycles. The topological polar surface area (TPSA) is 40.5 Å². The Morgan fingerprint density at radius 1 is 1.04 bits per heavy atom. The second-order valence-electron chi connectivity index (χ2n) is 6.29. The van der Waals surface area contributed by atoms with Crippen molar-refractivity contribution in [3.63, 3.8) is 0 Å². The van der Waals surface area contributed by atoms with Gasteiger partial charge in [-0.3, -0.25) is 9.69 Å². The first-order valence-corrected chi connectivity index (χ1v) is 8.50. The van der Waals surface area contributed by atoms with Crippen LogP contribution in [0.5, 0.6) is 0 Å². The average Bonchev–Trinajstić information content (AvgIpc) is 2.64. The number of hydrogen-bond acceptors (Lipinski definition) is 2. The number of hydrogen-bond donors (Lipinski definition) is 1. The van der Waals surface area contributed by atoms with E-state index in [0.29, 0.717) is 6.54 Å². The van der Waals surface area contributed by atoms with Gasteiger partial charge in [-0.25, -0.2) is 0 Å². The molecule has 1 aliphatic rings. The lowest BCUT2D eigenvalue weighted by molar-refractivity contribution is -0.143. The molecule has 3 heteroatoms. The number of benzene rings is 2. The summed E-state index contributed by atoms with van der Waals surface area (Å²) in [5, 5.41) is 9.25. The molecule has 0 radical (unpaired) electrons. The number of carbonyl (C=O) groups is 1. The van der Waals surface area contributed by atoms with E-state index in [0.717, 1.165) is 25.9 Å². The first-order valence-electron chi connectivity index (χ1n) is 8.50. The zero-order chi connectivity index (χ0) is 16.8. The fourth-order valence-electron chi connectivity index (χ4n) is 3.28. The van der Waals surface area contributed by atoms with Gasteiger partial charge in [0.15, 0.2) is 0 Å². The van der Waals surface area contributed by atoms with Crippen LogP contribution >= 0.6 is 0 Å². The summed E-state index contributed by atoms with van der Waals surface area (Å²) in [7, 11) is 0. The Hall–Kier alpha value is -2.39.